The third kappa shape index (κ3) is 6.88. The zero-order chi connectivity index (χ0) is 22.7. The number of esters is 2. The SMILES string of the molecule is CC(C)(C)OC(=O)CN(CC(=O)OC(C)(C)C)c1ccc2c(CO)cc(=O)oc2c1. The van der Waals surface area contributed by atoms with Gasteiger partial charge >= 0.3 is 17.6 Å². The molecule has 30 heavy (non-hydrogen) atoms. The summed E-state index contributed by atoms with van der Waals surface area (Å²) in [6, 6.07) is 6.11. The lowest BCUT2D eigenvalue weighted by atomic mass is 10.1. The van der Waals surface area contributed by atoms with Gasteiger partial charge in [-0.25, -0.2) is 4.79 Å². The van der Waals surface area contributed by atoms with Crippen LogP contribution >= 0.6 is 0 Å². The molecular formula is C22H29NO7. The number of nitrogens with zero attached hydrogens (tertiary/aromatic N) is 1. The molecule has 0 aliphatic rings. The number of anilines is 1. The highest BCUT2D eigenvalue weighted by Crippen LogP contribution is 2.24. The average molecular weight is 419 g/mol. The van der Waals surface area contributed by atoms with Gasteiger partial charge < -0.3 is 23.9 Å². The number of benzene rings is 1. The van der Waals surface area contributed by atoms with E-state index in [0.717, 1.165) is 0 Å². The second-order valence-electron chi connectivity index (χ2n) is 8.96. The Labute approximate surface area is 175 Å². The monoisotopic (exact) mass is 419 g/mol. The number of aliphatic hydroxyl groups excluding tert-OH is 1. The fourth-order valence-corrected chi connectivity index (χ4v) is 2.84. The summed E-state index contributed by atoms with van der Waals surface area (Å²) < 4.78 is 16.0. The molecule has 8 heteroatoms. The molecule has 0 saturated heterocycles. The number of rotatable bonds is 6. The number of ether oxygens (including phenoxy) is 2. The number of carbonyl (C=O) groups is 2. The van der Waals surface area contributed by atoms with E-state index in [-0.39, 0.29) is 25.3 Å². The van der Waals surface area contributed by atoms with Crippen molar-refractivity contribution in [1.82, 2.24) is 0 Å². The van der Waals surface area contributed by atoms with E-state index >= 15 is 0 Å². The molecule has 0 radical (unpaired) electrons. The van der Waals surface area contributed by atoms with Gasteiger partial charge in [-0.3, -0.25) is 9.59 Å². The Hall–Kier alpha value is -2.87. The fourth-order valence-electron chi connectivity index (χ4n) is 2.84. The molecular weight excluding hydrogens is 390 g/mol. The first-order valence-corrected chi connectivity index (χ1v) is 9.64. The lowest BCUT2D eigenvalue weighted by Crippen LogP contribution is -2.40. The Morgan fingerprint density at radius 1 is 0.967 bits per heavy atom. The second kappa shape index (κ2) is 8.87. The normalized spacial score (nSPS) is 12.0. The summed E-state index contributed by atoms with van der Waals surface area (Å²) in [6.07, 6.45) is 0. The predicted molar refractivity (Wildman–Crippen MR) is 112 cm³/mol. The summed E-state index contributed by atoms with van der Waals surface area (Å²) in [5.74, 6) is -1.03. The second-order valence-corrected chi connectivity index (χ2v) is 8.96. The van der Waals surface area contributed by atoms with Crippen molar-refractivity contribution in [2.45, 2.75) is 59.4 Å². The number of hydrogen-bond acceptors (Lipinski definition) is 8. The minimum Gasteiger partial charge on any atom is -0.459 e. The van der Waals surface area contributed by atoms with Gasteiger partial charge in [0.1, 0.15) is 29.9 Å². The van der Waals surface area contributed by atoms with Crippen LogP contribution in [0.2, 0.25) is 0 Å². The van der Waals surface area contributed by atoms with Gasteiger partial charge in [-0.15, -0.1) is 0 Å². The van der Waals surface area contributed by atoms with Crippen molar-refractivity contribution in [3.8, 4) is 0 Å². The van der Waals surface area contributed by atoms with Crippen LogP contribution in [0.15, 0.2) is 33.5 Å². The third-order valence-corrected chi connectivity index (χ3v) is 3.83. The molecule has 1 aromatic heterocycles. The highest BCUT2D eigenvalue weighted by atomic mass is 16.6. The molecule has 2 aromatic rings. The smallest absolute Gasteiger partial charge is 0.336 e. The Morgan fingerprint density at radius 2 is 1.50 bits per heavy atom. The quantitative estimate of drug-likeness (QED) is 0.563. The highest BCUT2D eigenvalue weighted by molar-refractivity contribution is 5.87. The first-order chi connectivity index (χ1) is 13.8. The summed E-state index contributed by atoms with van der Waals surface area (Å²) in [6.45, 7) is 9.80. The van der Waals surface area contributed by atoms with Gasteiger partial charge in [0, 0.05) is 23.2 Å². The van der Waals surface area contributed by atoms with Gasteiger partial charge in [0.2, 0.25) is 0 Å². The maximum absolute atomic E-state index is 12.4. The summed E-state index contributed by atoms with van der Waals surface area (Å²) in [5, 5.41) is 10.0. The molecule has 0 aliphatic heterocycles. The average Bonchev–Trinajstić information content (AvgIpc) is 2.56. The molecule has 1 heterocycles. The van der Waals surface area contributed by atoms with Gasteiger partial charge in [0.05, 0.1) is 6.61 Å². The summed E-state index contributed by atoms with van der Waals surface area (Å²) >= 11 is 0. The van der Waals surface area contributed by atoms with E-state index in [2.05, 4.69) is 0 Å². The molecule has 0 spiro atoms. The van der Waals surface area contributed by atoms with Crippen molar-refractivity contribution < 1.29 is 28.6 Å². The lowest BCUT2D eigenvalue weighted by Gasteiger charge is -2.27. The molecule has 164 valence electrons. The molecule has 2 rings (SSSR count). The molecule has 0 bridgehead atoms. The molecule has 0 atom stereocenters. The van der Waals surface area contributed by atoms with Crippen molar-refractivity contribution in [3.63, 3.8) is 0 Å². The van der Waals surface area contributed by atoms with E-state index in [4.69, 9.17) is 13.9 Å². The van der Waals surface area contributed by atoms with E-state index in [1.165, 1.54) is 11.0 Å². The minimum atomic E-state index is -0.680. The van der Waals surface area contributed by atoms with Gasteiger partial charge in [-0.2, -0.15) is 0 Å². The van der Waals surface area contributed by atoms with Crippen molar-refractivity contribution in [3.05, 3.63) is 40.2 Å². The first-order valence-electron chi connectivity index (χ1n) is 9.64. The molecule has 0 amide bonds. The summed E-state index contributed by atoms with van der Waals surface area (Å²) in [7, 11) is 0. The van der Waals surface area contributed by atoms with Crippen LogP contribution < -0.4 is 10.5 Å². The first kappa shape index (κ1) is 23.4. The van der Waals surface area contributed by atoms with Crippen LogP contribution in [-0.2, 0) is 25.7 Å². The number of fused-ring (bicyclic) bond motifs is 1. The molecule has 0 unspecified atom stereocenters. The van der Waals surface area contributed by atoms with E-state index in [1.807, 2.05) is 0 Å². The number of carbonyl (C=O) groups excluding carboxylic acids is 2. The largest absolute Gasteiger partial charge is 0.459 e. The topological polar surface area (TPSA) is 106 Å². The van der Waals surface area contributed by atoms with Gasteiger partial charge in [0.15, 0.2) is 0 Å². The predicted octanol–water partition coefficient (Wildman–Crippen LogP) is 2.78. The van der Waals surface area contributed by atoms with Crippen LogP contribution in [0.3, 0.4) is 0 Å². The van der Waals surface area contributed by atoms with Gasteiger partial charge in [-0.05, 0) is 59.2 Å². The zero-order valence-electron chi connectivity index (χ0n) is 18.3. The van der Waals surface area contributed by atoms with Crippen molar-refractivity contribution in [2.75, 3.05) is 18.0 Å². The van der Waals surface area contributed by atoms with Crippen LogP contribution in [0, 0.1) is 0 Å². The van der Waals surface area contributed by atoms with Gasteiger partial charge in [0.25, 0.3) is 0 Å². The van der Waals surface area contributed by atoms with Gasteiger partial charge in [-0.1, -0.05) is 0 Å². The Balaban J connectivity index is 2.40. The fraction of sp³-hybridized carbons (Fsp3) is 0.500. The van der Waals surface area contributed by atoms with Crippen LogP contribution in [0.4, 0.5) is 5.69 Å². The van der Waals surface area contributed by atoms with Crippen molar-refractivity contribution in [2.24, 2.45) is 0 Å². The third-order valence-electron chi connectivity index (χ3n) is 3.83. The maximum Gasteiger partial charge on any atom is 0.336 e. The molecule has 1 aromatic carbocycles. The van der Waals surface area contributed by atoms with E-state index < -0.39 is 28.8 Å². The molecule has 0 aliphatic carbocycles. The highest BCUT2D eigenvalue weighted by Gasteiger charge is 2.24. The Bertz CT molecular complexity index is 950. The van der Waals surface area contributed by atoms with Crippen LogP contribution in [0.5, 0.6) is 0 Å². The number of aliphatic hydroxyl groups is 1. The molecule has 0 fully saturated rings. The summed E-state index contributed by atoms with van der Waals surface area (Å²) in [4.78, 5) is 38.1. The zero-order valence-corrected chi connectivity index (χ0v) is 18.3. The lowest BCUT2D eigenvalue weighted by molar-refractivity contribution is -0.154. The number of hydrogen-bond donors (Lipinski definition) is 1. The standard InChI is InChI=1S/C22H29NO7/c1-21(2,3)29-19(26)11-23(12-20(27)30-22(4,5)6)15-7-8-16-14(13-24)9-18(25)28-17(16)10-15/h7-10,24H,11-13H2,1-6H3. The van der Waals surface area contributed by atoms with Crippen LogP contribution in [-0.4, -0.2) is 41.3 Å². The minimum absolute atomic E-state index is 0.202. The van der Waals surface area contributed by atoms with E-state index in [1.54, 1.807) is 59.7 Å². The van der Waals surface area contributed by atoms with Crippen molar-refractivity contribution >= 4 is 28.6 Å². The molecule has 0 saturated carbocycles. The van der Waals surface area contributed by atoms with Crippen LogP contribution in [0.1, 0.15) is 47.1 Å². The van der Waals surface area contributed by atoms with E-state index in [9.17, 15) is 19.5 Å². The Kier molecular flexibility index (Phi) is 6.92. The van der Waals surface area contributed by atoms with E-state index in [0.29, 0.717) is 16.6 Å². The van der Waals surface area contributed by atoms with Crippen LogP contribution in [0.25, 0.3) is 11.0 Å². The maximum atomic E-state index is 12.4. The van der Waals surface area contributed by atoms with Crippen molar-refractivity contribution in [1.29, 1.82) is 0 Å². The molecule has 1 N–H and O–H groups in total. The summed E-state index contributed by atoms with van der Waals surface area (Å²) in [5.41, 5.74) is -0.824. The molecule has 8 nitrogen and oxygen atoms in total. The Morgan fingerprint density at radius 3 is 1.97 bits per heavy atom.